The van der Waals surface area contributed by atoms with Crippen molar-refractivity contribution in [3.63, 3.8) is 0 Å². The first kappa shape index (κ1) is 14.2. The largest absolute Gasteiger partial charge is 0.272 e. The lowest BCUT2D eigenvalue weighted by Gasteiger charge is -2.01. The minimum atomic E-state index is -0.212. The van der Waals surface area contributed by atoms with E-state index >= 15 is 0 Å². The van der Waals surface area contributed by atoms with Crippen LogP contribution in [0, 0.1) is 3.57 Å². The average molecular weight is 429 g/mol. The maximum Gasteiger partial charge on any atom is 0.272 e. The molecule has 1 N–H and O–H groups in total. The lowest BCUT2D eigenvalue weighted by Crippen LogP contribution is -2.18. The van der Waals surface area contributed by atoms with Crippen LogP contribution in [0.4, 0.5) is 0 Å². The number of hydrazone groups is 1. The zero-order chi connectivity index (χ0) is 13.7. The van der Waals surface area contributed by atoms with E-state index in [1.807, 2.05) is 42.5 Å². The van der Waals surface area contributed by atoms with Crippen LogP contribution in [0.1, 0.15) is 15.9 Å². The van der Waals surface area contributed by atoms with Crippen LogP contribution in [0.25, 0.3) is 0 Å². The Bertz CT molecular complexity index is 628. The molecular formula is C14H10BrIN2O. The molecule has 96 valence electrons. The highest BCUT2D eigenvalue weighted by molar-refractivity contribution is 14.1. The second-order valence-electron chi connectivity index (χ2n) is 3.73. The molecule has 0 aliphatic rings. The summed E-state index contributed by atoms with van der Waals surface area (Å²) in [4.78, 5) is 11.9. The molecule has 0 aliphatic heterocycles. The molecule has 0 saturated heterocycles. The molecule has 0 atom stereocenters. The predicted octanol–water partition coefficient (Wildman–Crippen LogP) is 3.82. The summed E-state index contributed by atoms with van der Waals surface area (Å²) in [5.41, 5.74) is 4.05. The molecule has 3 nitrogen and oxygen atoms in total. The standard InChI is InChI=1S/C14H10BrIN2O/c15-11-5-3-4-10(8-11)9-17-18-14(19)12-6-1-2-7-13(12)16/h1-9H,(H,18,19)/b17-9+. The van der Waals surface area contributed by atoms with Gasteiger partial charge < -0.3 is 0 Å². The van der Waals surface area contributed by atoms with Crippen LogP contribution in [0.3, 0.4) is 0 Å². The van der Waals surface area contributed by atoms with Gasteiger partial charge in [-0.05, 0) is 52.4 Å². The van der Waals surface area contributed by atoms with E-state index in [9.17, 15) is 4.79 Å². The molecular weight excluding hydrogens is 419 g/mol. The zero-order valence-electron chi connectivity index (χ0n) is 9.81. The molecule has 0 saturated carbocycles. The van der Waals surface area contributed by atoms with Gasteiger partial charge in [0.05, 0.1) is 11.8 Å². The van der Waals surface area contributed by atoms with Gasteiger partial charge in [0.15, 0.2) is 0 Å². The molecule has 5 heteroatoms. The third-order valence-corrected chi connectivity index (χ3v) is 3.78. The van der Waals surface area contributed by atoms with Crippen LogP contribution < -0.4 is 5.43 Å². The molecule has 0 unspecified atom stereocenters. The van der Waals surface area contributed by atoms with Gasteiger partial charge in [0.2, 0.25) is 0 Å². The minimum absolute atomic E-state index is 0.212. The Kier molecular flexibility index (Phi) is 5.09. The van der Waals surface area contributed by atoms with Crippen LogP contribution in [-0.2, 0) is 0 Å². The van der Waals surface area contributed by atoms with Crippen molar-refractivity contribution in [2.24, 2.45) is 5.10 Å². The first-order valence-electron chi connectivity index (χ1n) is 5.50. The molecule has 0 aliphatic carbocycles. The summed E-state index contributed by atoms with van der Waals surface area (Å²) in [5.74, 6) is -0.212. The molecule has 0 radical (unpaired) electrons. The van der Waals surface area contributed by atoms with E-state index in [0.717, 1.165) is 13.6 Å². The van der Waals surface area contributed by atoms with Crippen molar-refractivity contribution in [1.29, 1.82) is 0 Å². The summed E-state index contributed by atoms with van der Waals surface area (Å²) in [5, 5.41) is 3.95. The molecule has 0 fully saturated rings. The normalized spacial score (nSPS) is 10.6. The van der Waals surface area contributed by atoms with E-state index in [1.54, 1.807) is 12.3 Å². The highest BCUT2D eigenvalue weighted by Crippen LogP contribution is 2.11. The number of hydrogen-bond acceptors (Lipinski definition) is 2. The van der Waals surface area contributed by atoms with Gasteiger partial charge >= 0.3 is 0 Å². The number of carbonyl (C=O) groups is 1. The Morgan fingerprint density at radius 3 is 2.74 bits per heavy atom. The average Bonchev–Trinajstić information content (AvgIpc) is 2.39. The fourth-order valence-corrected chi connectivity index (χ4v) is 2.51. The molecule has 1 amide bonds. The number of hydrogen-bond donors (Lipinski definition) is 1. The predicted molar refractivity (Wildman–Crippen MR) is 88.4 cm³/mol. The van der Waals surface area contributed by atoms with Crippen LogP contribution in [0.15, 0.2) is 58.1 Å². The number of amides is 1. The SMILES string of the molecule is O=C(N/N=C/c1cccc(Br)c1)c1ccccc1I. The summed E-state index contributed by atoms with van der Waals surface area (Å²) in [6, 6.07) is 15.0. The Morgan fingerprint density at radius 2 is 2.00 bits per heavy atom. The van der Waals surface area contributed by atoms with Crippen molar-refractivity contribution >= 4 is 50.6 Å². The number of halogens is 2. The van der Waals surface area contributed by atoms with Crippen LogP contribution in [-0.4, -0.2) is 12.1 Å². The van der Waals surface area contributed by atoms with E-state index in [0.29, 0.717) is 5.56 Å². The summed E-state index contributed by atoms with van der Waals surface area (Å²) in [6.07, 6.45) is 1.61. The van der Waals surface area contributed by atoms with E-state index in [1.165, 1.54) is 0 Å². The quantitative estimate of drug-likeness (QED) is 0.450. The summed E-state index contributed by atoms with van der Waals surface area (Å²) >= 11 is 5.50. The Hall–Kier alpha value is -1.21. The van der Waals surface area contributed by atoms with Gasteiger partial charge in [0.1, 0.15) is 0 Å². The molecule has 0 spiro atoms. The number of nitrogens with one attached hydrogen (secondary N) is 1. The monoisotopic (exact) mass is 428 g/mol. The second-order valence-corrected chi connectivity index (χ2v) is 5.81. The molecule has 0 heterocycles. The molecule has 2 rings (SSSR count). The molecule has 0 aromatic heterocycles. The van der Waals surface area contributed by atoms with Crippen molar-refractivity contribution in [3.8, 4) is 0 Å². The van der Waals surface area contributed by atoms with Crippen molar-refractivity contribution in [2.45, 2.75) is 0 Å². The zero-order valence-corrected chi connectivity index (χ0v) is 13.6. The summed E-state index contributed by atoms with van der Waals surface area (Å²) in [7, 11) is 0. The summed E-state index contributed by atoms with van der Waals surface area (Å²) in [6.45, 7) is 0. The second kappa shape index (κ2) is 6.81. The topological polar surface area (TPSA) is 41.5 Å². The van der Waals surface area contributed by atoms with Crippen molar-refractivity contribution < 1.29 is 4.79 Å². The fraction of sp³-hybridized carbons (Fsp3) is 0. The molecule has 19 heavy (non-hydrogen) atoms. The highest BCUT2D eigenvalue weighted by Gasteiger charge is 2.07. The molecule has 2 aromatic carbocycles. The third-order valence-electron chi connectivity index (χ3n) is 2.35. The minimum Gasteiger partial charge on any atom is -0.267 e. The number of rotatable bonds is 3. The maximum atomic E-state index is 11.9. The van der Waals surface area contributed by atoms with Gasteiger partial charge in [-0.1, -0.05) is 40.2 Å². The third kappa shape index (κ3) is 4.14. The highest BCUT2D eigenvalue weighted by atomic mass is 127. The fourth-order valence-electron chi connectivity index (χ4n) is 1.46. The Morgan fingerprint density at radius 1 is 1.21 bits per heavy atom. The van der Waals surface area contributed by atoms with E-state index in [4.69, 9.17) is 0 Å². The van der Waals surface area contributed by atoms with E-state index < -0.39 is 0 Å². The van der Waals surface area contributed by atoms with Crippen LogP contribution in [0.5, 0.6) is 0 Å². The van der Waals surface area contributed by atoms with Gasteiger partial charge in [0, 0.05) is 8.04 Å². The van der Waals surface area contributed by atoms with Gasteiger partial charge in [-0.2, -0.15) is 5.10 Å². The van der Waals surface area contributed by atoms with Crippen molar-refractivity contribution in [3.05, 3.63) is 67.7 Å². The maximum absolute atomic E-state index is 11.9. The first-order valence-corrected chi connectivity index (χ1v) is 7.37. The lowest BCUT2D eigenvalue weighted by atomic mass is 10.2. The van der Waals surface area contributed by atoms with E-state index in [2.05, 4.69) is 49.0 Å². The summed E-state index contributed by atoms with van der Waals surface area (Å²) < 4.78 is 1.87. The molecule has 0 bridgehead atoms. The lowest BCUT2D eigenvalue weighted by molar-refractivity contribution is 0.0954. The smallest absolute Gasteiger partial charge is 0.267 e. The van der Waals surface area contributed by atoms with Gasteiger partial charge in [-0.25, -0.2) is 5.43 Å². The van der Waals surface area contributed by atoms with Crippen molar-refractivity contribution in [1.82, 2.24) is 5.43 Å². The van der Waals surface area contributed by atoms with Crippen LogP contribution >= 0.6 is 38.5 Å². The van der Waals surface area contributed by atoms with Crippen LogP contribution in [0.2, 0.25) is 0 Å². The van der Waals surface area contributed by atoms with Gasteiger partial charge in [0.25, 0.3) is 5.91 Å². The number of nitrogens with zero attached hydrogens (tertiary/aromatic N) is 1. The Balaban J connectivity index is 2.03. The number of carbonyl (C=O) groups excluding carboxylic acids is 1. The van der Waals surface area contributed by atoms with E-state index in [-0.39, 0.29) is 5.91 Å². The molecule has 2 aromatic rings. The number of benzene rings is 2. The first-order chi connectivity index (χ1) is 9.16. The Labute approximate surface area is 133 Å². The van der Waals surface area contributed by atoms with Gasteiger partial charge in [-0.3, -0.25) is 4.79 Å². The van der Waals surface area contributed by atoms with Crippen molar-refractivity contribution in [2.75, 3.05) is 0 Å². The van der Waals surface area contributed by atoms with Gasteiger partial charge in [-0.15, -0.1) is 0 Å².